The second-order valence-electron chi connectivity index (χ2n) is 5.92. The molecule has 0 unspecified atom stereocenters. The second-order valence-corrected chi connectivity index (χ2v) is 5.92. The van der Waals surface area contributed by atoms with E-state index in [1.165, 1.54) is 6.92 Å². The quantitative estimate of drug-likeness (QED) is 0.863. The van der Waals surface area contributed by atoms with E-state index in [1.807, 2.05) is 13.8 Å². The molecule has 0 aliphatic heterocycles. The number of aryl methyl sites for hydroxylation is 2. The van der Waals surface area contributed by atoms with E-state index in [0.717, 1.165) is 17.7 Å². The number of nitrogens with one attached hydrogen (secondary N) is 1. The molecule has 0 aliphatic rings. The summed E-state index contributed by atoms with van der Waals surface area (Å²) in [5.74, 6) is 0.164. The molecule has 1 N–H and O–H groups in total. The zero-order chi connectivity index (χ0) is 18.8. The molecule has 0 saturated carbocycles. The molecule has 1 heterocycles. The molecule has 1 aromatic carbocycles. The number of benzene rings is 1. The molecule has 0 bridgehead atoms. The van der Waals surface area contributed by atoms with Crippen LogP contribution in [-0.4, -0.2) is 17.0 Å². The van der Waals surface area contributed by atoms with Gasteiger partial charge in [0.25, 0.3) is 5.91 Å². The van der Waals surface area contributed by atoms with Gasteiger partial charge < -0.3 is 10.1 Å². The summed E-state index contributed by atoms with van der Waals surface area (Å²) in [4.78, 5) is 15.8. The lowest BCUT2D eigenvalue weighted by Gasteiger charge is -2.14. The van der Waals surface area contributed by atoms with Gasteiger partial charge in [-0.2, -0.15) is 13.2 Å². The molecule has 0 radical (unpaired) electrons. The number of halogens is 3. The van der Waals surface area contributed by atoms with Gasteiger partial charge in [0.1, 0.15) is 11.4 Å². The molecular weight excluding hydrogens is 333 g/mol. The summed E-state index contributed by atoms with van der Waals surface area (Å²) in [6.07, 6.45) is -4.51. The van der Waals surface area contributed by atoms with Gasteiger partial charge in [0.2, 0.25) is 0 Å². The average molecular weight is 352 g/mol. The van der Waals surface area contributed by atoms with Crippen LogP contribution in [0.15, 0.2) is 30.3 Å². The summed E-state index contributed by atoms with van der Waals surface area (Å²) in [6.45, 7) is 6.99. The Balaban J connectivity index is 2.20. The van der Waals surface area contributed by atoms with Crippen LogP contribution in [0.1, 0.15) is 41.2 Å². The molecule has 2 aromatic rings. The summed E-state index contributed by atoms with van der Waals surface area (Å²) in [6, 6.07) is 7.13. The molecule has 0 aliphatic carbocycles. The molecule has 0 spiro atoms. The van der Waals surface area contributed by atoms with Crippen molar-refractivity contribution in [2.24, 2.45) is 0 Å². The number of anilines is 1. The van der Waals surface area contributed by atoms with Crippen LogP contribution >= 0.6 is 0 Å². The van der Waals surface area contributed by atoms with E-state index in [-0.39, 0.29) is 17.4 Å². The van der Waals surface area contributed by atoms with Crippen molar-refractivity contribution in [1.29, 1.82) is 0 Å². The van der Waals surface area contributed by atoms with Crippen LogP contribution in [0, 0.1) is 13.8 Å². The number of carbonyl (C=O) groups is 1. The number of aromatic nitrogens is 1. The van der Waals surface area contributed by atoms with Crippen LogP contribution in [0.4, 0.5) is 18.9 Å². The molecule has 134 valence electrons. The van der Waals surface area contributed by atoms with E-state index in [4.69, 9.17) is 4.74 Å². The predicted molar refractivity (Wildman–Crippen MR) is 88.9 cm³/mol. The molecular formula is C18H19F3N2O2. The fourth-order valence-corrected chi connectivity index (χ4v) is 2.27. The molecule has 4 nitrogen and oxygen atoms in total. The topological polar surface area (TPSA) is 51.2 Å². The Kier molecular flexibility index (Phi) is 5.35. The maximum Gasteiger partial charge on any atom is 0.433 e. The van der Waals surface area contributed by atoms with Gasteiger partial charge in [-0.25, -0.2) is 4.98 Å². The van der Waals surface area contributed by atoms with Crippen LogP contribution in [0.2, 0.25) is 0 Å². The summed E-state index contributed by atoms with van der Waals surface area (Å²) in [5, 5.41) is 2.69. The predicted octanol–water partition coefficient (Wildman–Crippen LogP) is 4.76. The van der Waals surface area contributed by atoms with Crippen LogP contribution in [0.25, 0.3) is 0 Å². The van der Waals surface area contributed by atoms with Crippen molar-refractivity contribution >= 4 is 11.6 Å². The van der Waals surface area contributed by atoms with Gasteiger partial charge in [-0.3, -0.25) is 4.79 Å². The van der Waals surface area contributed by atoms with Crippen LogP contribution in [0.5, 0.6) is 5.75 Å². The van der Waals surface area contributed by atoms with Crippen molar-refractivity contribution in [3.63, 3.8) is 0 Å². The number of amides is 1. The van der Waals surface area contributed by atoms with Gasteiger partial charge in [0.15, 0.2) is 0 Å². The minimum Gasteiger partial charge on any atom is -0.491 e. The van der Waals surface area contributed by atoms with Crippen molar-refractivity contribution in [3.05, 3.63) is 52.8 Å². The Bertz CT molecular complexity index is 786. The largest absolute Gasteiger partial charge is 0.491 e. The number of rotatable bonds is 4. The van der Waals surface area contributed by atoms with E-state index in [2.05, 4.69) is 10.3 Å². The molecule has 1 amide bonds. The van der Waals surface area contributed by atoms with E-state index < -0.39 is 17.8 Å². The molecule has 0 atom stereocenters. The maximum atomic E-state index is 12.7. The number of alkyl halides is 3. The number of ether oxygens (including phenoxy) is 1. The fraction of sp³-hybridized carbons (Fsp3) is 0.333. The molecule has 7 heteroatoms. The van der Waals surface area contributed by atoms with E-state index in [1.54, 1.807) is 25.1 Å². The zero-order valence-corrected chi connectivity index (χ0v) is 14.4. The Morgan fingerprint density at radius 2 is 1.84 bits per heavy atom. The SMILES string of the molecule is Cc1cc(OC(C)C)ccc1NC(=O)c1ccc(C(F)(F)F)nc1C. The van der Waals surface area contributed by atoms with Crippen molar-refractivity contribution in [3.8, 4) is 5.75 Å². The molecule has 0 saturated heterocycles. The van der Waals surface area contributed by atoms with Gasteiger partial charge in [0, 0.05) is 5.69 Å². The number of pyridine rings is 1. The second kappa shape index (κ2) is 7.13. The minimum atomic E-state index is -4.54. The first kappa shape index (κ1) is 18.8. The van der Waals surface area contributed by atoms with Crippen molar-refractivity contribution in [1.82, 2.24) is 4.98 Å². The summed E-state index contributed by atoms with van der Waals surface area (Å²) >= 11 is 0. The third kappa shape index (κ3) is 4.71. The highest BCUT2D eigenvalue weighted by Crippen LogP contribution is 2.28. The zero-order valence-electron chi connectivity index (χ0n) is 14.4. The van der Waals surface area contributed by atoms with E-state index >= 15 is 0 Å². The smallest absolute Gasteiger partial charge is 0.433 e. The number of carbonyl (C=O) groups excluding carboxylic acids is 1. The summed E-state index contributed by atoms with van der Waals surface area (Å²) in [7, 11) is 0. The van der Waals surface area contributed by atoms with Gasteiger partial charge in [0.05, 0.1) is 17.4 Å². The molecule has 0 fully saturated rings. The fourth-order valence-electron chi connectivity index (χ4n) is 2.27. The lowest BCUT2D eigenvalue weighted by Crippen LogP contribution is -2.17. The van der Waals surface area contributed by atoms with Gasteiger partial charge in [-0.15, -0.1) is 0 Å². The van der Waals surface area contributed by atoms with Crippen LogP contribution < -0.4 is 10.1 Å². The number of hydrogen-bond acceptors (Lipinski definition) is 3. The minimum absolute atomic E-state index is 0.0183. The average Bonchev–Trinajstić information content (AvgIpc) is 2.48. The van der Waals surface area contributed by atoms with E-state index in [9.17, 15) is 18.0 Å². The number of hydrogen-bond donors (Lipinski definition) is 1. The lowest BCUT2D eigenvalue weighted by atomic mass is 10.1. The Hall–Kier alpha value is -2.57. The highest BCUT2D eigenvalue weighted by atomic mass is 19.4. The first-order chi connectivity index (χ1) is 11.6. The van der Waals surface area contributed by atoms with Gasteiger partial charge >= 0.3 is 6.18 Å². The first-order valence-electron chi connectivity index (χ1n) is 7.71. The maximum absolute atomic E-state index is 12.7. The van der Waals surface area contributed by atoms with Crippen LogP contribution in [-0.2, 0) is 6.18 Å². The monoisotopic (exact) mass is 352 g/mol. The van der Waals surface area contributed by atoms with Gasteiger partial charge in [-0.1, -0.05) is 0 Å². The third-order valence-corrected chi connectivity index (χ3v) is 3.44. The Morgan fingerprint density at radius 1 is 1.16 bits per heavy atom. The summed E-state index contributed by atoms with van der Waals surface area (Å²) in [5.41, 5.74) is 0.428. The lowest BCUT2D eigenvalue weighted by molar-refractivity contribution is -0.141. The van der Waals surface area contributed by atoms with Crippen LogP contribution in [0.3, 0.4) is 0 Å². The Morgan fingerprint density at radius 3 is 2.36 bits per heavy atom. The number of nitrogens with zero attached hydrogens (tertiary/aromatic N) is 1. The standard InChI is InChI=1S/C18H19F3N2O2/c1-10(2)25-13-5-7-15(11(3)9-13)23-17(24)14-6-8-16(18(19,20)21)22-12(14)4/h5-10H,1-4H3,(H,23,24). The molecule has 2 rings (SSSR count). The summed E-state index contributed by atoms with van der Waals surface area (Å²) < 4.78 is 43.5. The Labute approximate surface area is 144 Å². The van der Waals surface area contributed by atoms with Gasteiger partial charge in [-0.05, 0) is 63.6 Å². The van der Waals surface area contributed by atoms with Crippen molar-refractivity contribution in [2.45, 2.75) is 40.0 Å². The normalized spacial score (nSPS) is 11.5. The first-order valence-corrected chi connectivity index (χ1v) is 7.71. The molecule has 1 aromatic heterocycles. The highest BCUT2D eigenvalue weighted by molar-refractivity contribution is 6.05. The van der Waals surface area contributed by atoms with E-state index in [0.29, 0.717) is 11.4 Å². The van der Waals surface area contributed by atoms with Crippen molar-refractivity contribution < 1.29 is 22.7 Å². The third-order valence-electron chi connectivity index (χ3n) is 3.44. The highest BCUT2D eigenvalue weighted by Gasteiger charge is 2.33. The molecule has 25 heavy (non-hydrogen) atoms. The van der Waals surface area contributed by atoms with Crippen molar-refractivity contribution in [2.75, 3.05) is 5.32 Å².